The number of nitriles is 1. The summed E-state index contributed by atoms with van der Waals surface area (Å²) in [4.78, 5) is 37.3. The molecular formula is C24H22N6O3. The van der Waals surface area contributed by atoms with Crippen molar-refractivity contribution in [3.8, 4) is 17.3 Å². The summed E-state index contributed by atoms with van der Waals surface area (Å²) < 4.78 is 5.10. The molecule has 2 aliphatic rings. The van der Waals surface area contributed by atoms with Crippen LogP contribution in [0.1, 0.15) is 42.7 Å². The summed E-state index contributed by atoms with van der Waals surface area (Å²) in [5, 5.41) is 13.3. The molecule has 0 aliphatic heterocycles. The number of nitrogens with two attached hydrogens (primary N) is 1. The molecule has 33 heavy (non-hydrogen) atoms. The van der Waals surface area contributed by atoms with Gasteiger partial charge < -0.3 is 15.8 Å². The van der Waals surface area contributed by atoms with Crippen LogP contribution in [0.4, 0.5) is 11.6 Å². The third kappa shape index (κ3) is 3.53. The number of amides is 1. The van der Waals surface area contributed by atoms with Gasteiger partial charge in [0.05, 0.1) is 11.8 Å². The molecule has 2 unspecified atom stereocenters. The Morgan fingerprint density at radius 2 is 2.21 bits per heavy atom. The van der Waals surface area contributed by atoms with Crippen LogP contribution in [0.15, 0.2) is 30.7 Å². The second-order valence-corrected chi connectivity index (χ2v) is 8.66. The number of aromatic nitrogens is 3. The highest BCUT2D eigenvalue weighted by Gasteiger charge is 2.63. The van der Waals surface area contributed by atoms with Gasteiger partial charge in [-0.1, -0.05) is 0 Å². The van der Waals surface area contributed by atoms with E-state index in [1.54, 1.807) is 24.7 Å². The lowest BCUT2D eigenvalue weighted by Crippen LogP contribution is -2.34. The Hall–Kier alpha value is -4.06. The lowest BCUT2D eigenvalue weighted by molar-refractivity contribution is -0.146. The predicted molar refractivity (Wildman–Crippen MR) is 121 cm³/mol. The van der Waals surface area contributed by atoms with E-state index >= 15 is 0 Å². The normalized spacial score (nSPS) is 21.3. The van der Waals surface area contributed by atoms with Crippen LogP contribution in [0.3, 0.4) is 0 Å². The maximum Gasteiger partial charge on any atom is 0.294 e. The Kier molecular flexibility index (Phi) is 4.93. The van der Waals surface area contributed by atoms with Gasteiger partial charge in [-0.3, -0.25) is 14.6 Å². The molecule has 2 fully saturated rings. The Morgan fingerprint density at radius 3 is 2.91 bits per heavy atom. The number of hydrogen-bond donors (Lipinski definition) is 2. The second kappa shape index (κ2) is 7.81. The van der Waals surface area contributed by atoms with E-state index in [4.69, 9.17) is 20.7 Å². The van der Waals surface area contributed by atoms with E-state index in [1.165, 1.54) is 0 Å². The van der Waals surface area contributed by atoms with E-state index in [0.29, 0.717) is 29.4 Å². The first-order valence-corrected chi connectivity index (χ1v) is 10.8. The summed E-state index contributed by atoms with van der Waals surface area (Å²) >= 11 is 0. The molecule has 3 N–H and O–H groups in total. The van der Waals surface area contributed by atoms with Gasteiger partial charge in [0.2, 0.25) is 0 Å². The van der Waals surface area contributed by atoms with Crippen molar-refractivity contribution in [3.05, 3.63) is 41.9 Å². The number of nitrogens with one attached hydrogen (secondary N) is 1. The van der Waals surface area contributed by atoms with Crippen LogP contribution in [0.25, 0.3) is 22.0 Å². The molecule has 3 aromatic rings. The van der Waals surface area contributed by atoms with Crippen LogP contribution in [0.5, 0.6) is 0 Å². The average Bonchev–Trinajstić information content (AvgIpc) is 3.72. The van der Waals surface area contributed by atoms with Gasteiger partial charge >= 0.3 is 0 Å². The summed E-state index contributed by atoms with van der Waals surface area (Å²) in [7, 11) is 0. The van der Waals surface area contributed by atoms with E-state index < -0.39 is 11.5 Å². The largest absolute Gasteiger partial charge is 0.451 e. The number of pyridine rings is 3. The number of carbonyl (C=O) groups is 2. The van der Waals surface area contributed by atoms with Crippen molar-refractivity contribution in [3.63, 3.8) is 0 Å². The first-order chi connectivity index (χ1) is 16.0. The van der Waals surface area contributed by atoms with E-state index in [0.717, 1.165) is 40.6 Å². The van der Waals surface area contributed by atoms with E-state index in [2.05, 4.69) is 15.3 Å². The minimum atomic E-state index is -1.32. The van der Waals surface area contributed by atoms with Gasteiger partial charge in [0, 0.05) is 48.3 Å². The molecule has 2 aliphatic carbocycles. The third-order valence-corrected chi connectivity index (χ3v) is 6.51. The van der Waals surface area contributed by atoms with Gasteiger partial charge in [0.1, 0.15) is 11.6 Å². The van der Waals surface area contributed by atoms with Gasteiger partial charge in [-0.15, -0.1) is 0 Å². The summed E-state index contributed by atoms with van der Waals surface area (Å²) in [5.74, 6) is 0.213. The fourth-order valence-corrected chi connectivity index (χ4v) is 4.46. The number of rotatable bonds is 7. The monoisotopic (exact) mass is 442 g/mol. The predicted octanol–water partition coefficient (Wildman–Crippen LogP) is 3.24. The molecule has 1 amide bonds. The molecule has 0 saturated heterocycles. The van der Waals surface area contributed by atoms with Crippen LogP contribution >= 0.6 is 0 Å². The quantitative estimate of drug-likeness (QED) is 0.531. The second-order valence-electron chi connectivity index (χ2n) is 8.66. The summed E-state index contributed by atoms with van der Waals surface area (Å²) in [6.07, 6.45) is 7.67. The summed E-state index contributed by atoms with van der Waals surface area (Å²) in [6, 6.07) is 5.76. The topological polar surface area (TPSA) is 144 Å². The molecule has 2 atom stereocenters. The SMILES string of the molecule is Cc1ccncc1-c1nc(N)c2cnc(NC(=O)C3(OC=O)CC3CC#N)cc2c1C1CC1. The number of fused-ring (bicyclic) bond motifs is 1. The van der Waals surface area contributed by atoms with Crippen molar-refractivity contribution in [2.75, 3.05) is 11.1 Å². The van der Waals surface area contributed by atoms with E-state index in [1.807, 2.05) is 19.1 Å². The van der Waals surface area contributed by atoms with Gasteiger partial charge in [-0.25, -0.2) is 9.97 Å². The maximum absolute atomic E-state index is 12.9. The highest BCUT2D eigenvalue weighted by molar-refractivity contribution is 6.03. The van der Waals surface area contributed by atoms with Crippen LogP contribution < -0.4 is 11.1 Å². The van der Waals surface area contributed by atoms with Crippen LogP contribution in [0.2, 0.25) is 0 Å². The lowest BCUT2D eigenvalue weighted by atomic mass is 9.95. The summed E-state index contributed by atoms with van der Waals surface area (Å²) in [5.41, 5.74) is 8.83. The molecule has 3 aromatic heterocycles. The van der Waals surface area contributed by atoms with Crippen molar-refractivity contribution >= 4 is 34.8 Å². The van der Waals surface area contributed by atoms with Crippen molar-refractivity contribution in [1.82, 2.24) is 15.0 Å². The zero-order chi connectivity index (χ0) is 23.2. The molecule has 0 radical (unpaired) electrons. The first-order valence-electron chi connectivity index (χ1n) is 10.8. The first kappa shape index (κ1) is 20.8. The lowest BCUT2D eigenvalue weighted by Gasteiger charge is -2.17. The standard InChI is InChI=1S/C24H22N6O3/c1-13-5-7-27-10-17(13)21-20(14-2-3-14)16-8-19(28-11-18(16)22(26)30-21)29-23(32)24(33-12-31)9-15(24)4-6-25/h5,7-8,10-12,14-15H,2-4,9H2,1H3,(H2,26,30)(H,28,29,32). The van der Waals surface area contributed by atoms with E-state index in [9.17, 15) is 9.59 Å². The molecule has 2 saturated carbocycles. The van der Waals surface area contributed by atoms with Crippen molar-refractivity contribution in [1.29, 1.82) is 5.26 Å². The summed E-state index contributed by atoms with van der Waals surface area (Å²) in [6.45, 7) is 2.26. The van der Waals surface area contributed by atoms with Gasteiger partial charge in [0.15, 0.2) is 5.60 Å². The molecule has 0 bridgehead atoms. The molecule has 5 rings (SSSR count). The molecular weight excluding hydrogens is 420 g/mol. The highest BCUT2D eigenvalue weighted by atomic mass is 16.6. The molecule has 166 valence electrons. The number of nitrogen functional groups attached to an aromatic ring is 1. The number of ether oxygens (including phenoxy) is 1. The number of hydrogen-bond acceptors (Lipinski definition) is 8. The van der Waals surface area contributed by atoms with Crippen molar-refractivity contribution < 1.29 is 14.3 Å². The number of nitrogens with zero attached hydrogens (tertiary/aromatic N) is 4. The zero-order valence-electron chi connectivity index (χ0n) is 18.0. The highest BCUT2D eigenvalue weighted by Crippen LogP contribution is 2.50. The van der Waals surface area contributed by atoms with E-state index in [-0.39, 0.29) is 18.8 Å². The van der Waals surface area contributed by atoms with Crippen LogP contribution in [0, 0.1) is 24.2 Å². The van der Waals surface area contributed by atoms with Gasteiger partial charge in [0.25, 0.3) is 12.4 Å². The molecule has 9 nitrogen and oxygen atoms in total. The maximum atomic E-state index is 12.9. The number of aryl methyl sites for hydroxylation is 1. The Labute approximate surface area is 190 Å². The fourth-order valence-electron chi connectivity index (χ4n) is 4.46. The smallest absolute Gasteiger partial charge is 0.294 e. The third-order valence-electron chi connectivity index (χ3n) is 6.51. The van der Waals surface area contributed by atoms with Crippen LogP contribution in [-0.2, 0) is 14.3 Å². The molecule has 9 heteroatoms. The minimum Gasteiger partial charge on any atom is -0.451 e. The zero-order valence-corrected chi connectivity index (χ0v) is 18.0. The Bertz CT molecular complexity index is 1330. The fraction of sp³-hybridized carbons (Fsp3) is 0.333. The molecule has 0 aromatic carbocycles. The Morgan fingerprint density at radius 1 is 1.39 bits per heavy atom. The average molecular weight is 442 g/mol. The number of anilines is 2. The molecule has 0 spiro atoms. The number of carbonyl (C=O) groups excluding carboxylic acids is 2. The van der Waals surface area contributed by atoms with Crippen LogP contribution in [-0.4, -0.2) is 32.9 Å². The minimum absolute atomic E-state index is 0.133. The van der Waals surface area contributed by atoms with Gasteiger partial charge in [-0.2, -0.15) is 5.26 Å². The van der Waals surface area contributed by atoms with Crippen molar-refractivity contribution in [2.24, 2.45) is 5.92 Å². The molecule has 3 heterocycles. The van der Waals surface area contributed by atoms with Gasteiger partial charge in [-0.05, 0) is 54.3 Å². The van der Waals surface area contributed by atoms with Crippen molar-refractivity contribution in [2.45, 2.75) is 44.1 Å². The Balaban J connectivity index is 1.57.